The Kier molecular flexibility index (Phi) is 4.04. The summed E-state index contributed by atoms with van der Waals surface area (Å²) in [6, 6.07) is 3.16. The zero-order valence-electron chi connectivity index (χ0n) is 10.7. The lowest BCUT2D eigenvalue weighted by Gasteiger charge is -2.25. The molecule has 0 spiro atoms. The summed E-state index contributed by atoms with van der Waals surface area (Å²) in [7, 11) is 1.32. The second-order valence-electron chi connectivity index (χ2n) is 4.61. The summed E-state index contributed by atoms with van der Waals surface area (Å²) in [5.41, 5.74) is 0.457. The maximum Gasteiger partial charge on any atom is 0.308 e. The predicted octanol–water partition coefficient (Wildman–Crippen LogP) is 1.42. The molecule has 0 aliphatic heterocycles. The SMILES string of the molecule is COC(=O)C1CCC(=O)C(C(=O)c2ccncc2)C1. The molecule has 0 bridgehead atoms. The second kappa shape index (κ2) is 5.73. The van der Waals surface area contributed by atoms with Gasteiger partial charge in [0.2, 0.25) is 0 Å². The van der Waals surface area contributed by atoms with Crippen molar-refractivity contribution in [2.45, 2.75) is 19.3 Å². The van der Waals surface area contributed by atoms with Crippen molar-refractivity contribution in [2.75, 3.05) is 7.11 Å². The van der Waals surface area contributed by atoms with Crippen LogP contribution in [-0.2, 0) is 14.3 Å². The standard InChI is InChI=1S/C14H15NO4/c1-19-14(18)10-2-3-12(16)11(8-10)13(17)9-4-6-15-7-5-9/h4-7,10-11H,2-3,8H2,1H3. The second-order valence-corrected chi connectivity index (χ2v) is 4.61. The maximum absolute atomic E-state index is 12.3. The predicted molar refractivity (Wildman–Crippen MR) is 66.4 cm³/mol. The van der Waals surface area contributed by atoms with Crippen molar-refractivity contribution in [3.63, 3.8) is 0 Å². The van der Waals surface area contributed by atoms with Gasteiger partial charge in [-0.25, -0.2) is 0 Å². The van der Waals surface area contributed by atoms with Crippen LogP contribution in [0.5, 0.6) is 0 Å². The Hall–Kier alpha value is -2.04. The molecular weight excluding hydrogens is 246 g/mol. The summed E-state index contributed by atoms with van der Waals surface area (Å²) in [6.07, 6.45) is 3.98. The van der Waals surface area contributed by atoms with E-state index in [0.29, 0.717) is 12.0 Å². The lowest BCUT2D eigenvalue weighted by Crippen LogP contribution is -2.34. The van der Waals surface area contributed by atoms with Crippen molar-refractivity contribution in [3.05, 3.63) is 30.1 Å². The van der Waals surface area contributed by atoms with Crippen molar-refractivity contribution in [1.82, 2.24) is 4.98 Å². The van der Waals surface area contributed by atoms with E-state index in [1.165, 1.54) is 19.5 Å². The van der Waals surface area contributed by atoms with E-state index >= 15 is 0 Å². The number of carbonyl (C=O) groups excluding carboxylic acids is 3. The molecular formula is C14H15NO4. The van der Waals surface area contributed by atoms with Crippen LogP contribution in [0.15, 0.2) is 24.5 Å². The van der Waals surface area contributed by atoms with Gasteiger partial charge in [-0.1, -0.05) is 0 Å². The third-order valence-electron chi connectivity index (χ3n) is 3.46. The van der Waals surface area contributed by atoms with Crippen molar-refractivity contribution >= 4 is 17.5 Å². The number of ether oxygens (including phenoxy) is 1. The monoisotopic (exact) mass is 261 g/mol. The van der Waals surface area contributed by atoms with Gasteiger partial charge < -0.3 is 4.74 Å². The van der Waals surface area contributed by atoms with Gasteiger partial charge in [-0.2, -0.15) is 0 Å². The Bertz CT molecular complexity index is 497. The van der Waals surface area contributed by atoms with Crippen LogP contribution in [0.1, 0.15) is 29.6 Å². The number of rotatable bonds is 3. The summed E-state index contributed by atoms with van der Waals surface area (Å²) < 4.78 is 4.69. The first kappa shape index (κ1) is 13.4. The highest BCUT2D eigenvalue weighted by Crippen LogP contribution is 2.29. The van der Waals surface area contributed by atoms with Crippen LogP contribution in [0.25, 0.3) is 0 Å². The number of ketones is 2. The van der Waals surface area contributed by atoms with Crippen LogP contribution in [0.4, 0.5) is 0 Å². The van der Waals surface area contributed by atoms with E-state index in [1.807, 2.05) is 0 Å². The number of pyridine rings is 1. The lowest BCUT2D eigenvalue weighted by molar-refractivity contribution is -0.147. The number of methoxy groups -OCH3 is 1. The van der Waals surface area contributed by atoms with Crippen LogP contribution in [0.2, 0.25) is 0 Å². The number of hydrogen-bond donors (Lipinski definition) is 0. The summed E-state index contributed by atoms with van der Waals surface area (Å²) in [6.45, 7) is 0. The smallest absolute Gasteiger partial charge is 0.308 e. The van der Waals surface area contributed by atoms with Crippen LogP contribution in [0, 0.1) is 11.8 Å². The Balaban J connectivity index is 2.15. The molecule has 100 valence electrons. The molecule has 0 radical (unpaired) electrons. The minimum atomic E-state index is -0.736. The summed E-state index contributed by atoms with van der Waals surface area (Å²) >= 11 is 0. The molecule has 2 unspecified atom stereocenters. The average molecular weight is 261 g/mol. The van der Waals surface area contributed by atoms with Crippen LogP contribution >= 0.6 is 0 Å². The topological polar surface area (TPSA) is 73.3 Å². The maximum atomic E-state index is 12.3. The Morgan fingerprint density at radius 3 is 2.63 bits per heavy atom. The van der Waals surface area contributed by atoms with Crippen molar-refractivity contribution < 1.29 is 19.1 Å². The van der Waals surface area contributed by atoms with Crippen molar-refractivity contribution in [3.8, 4) is 0 Å². The first-order chi connectivity index (χ1) is 9.13. The molecule has 1 aromatic heterocycles. The number of aromatic nitrogens is 1. The number of Topliss-reactive ketones (excluding diaryl/α,β-unsaturated/α-hetero) is 2. The fourth-order valence-corrected chi connectivity index (χ4v) is 2.38. The molecule has 2 atom stereocenters. The molecule has 1 aromatic rings. The first-order valence-electron chi connectivity index (χ1n) is 6.18. The van der Waals surface area contributed by atoms with Crippen LogP contribution in [-0.4, -0.2) is 29.6 Å². The van der Waals surface area contributed by atoms with Gasteiger partial charge in [0.05, 0.1) is 18.9 Å². The molecule has 0 amide bonds. The molecule has 5 heteroatoms. The van der Waals surface area contributed by atoms with Crippen molar-refractivity contribution in [1.29, 1.82) is 0 Å². The van der Waals surface area contributed by atoms with E-state index in [-0.39, 0.29) is 36.3 Å². The molecule has 5 nitrogen and oxygen atoms in total. The molecule has 19 heavy (non-hydrogen) atoms. The lowest BCUT2D eigenvalue weighted by atomic mass is 9.77. The fraction of sp³-hybridized carbons (Fsp3) is 0.429. The first-order valence-corrected chi connectivity index (χ1v) is 6.18. The largest absolute Gasteiger partial charge is 0.469 e. The highest BCUT2D eigenvalue weighted by Gasteiger charge is 2.37. The third-order valence-corrected chi connectivity index (χ3v) is 3.46. The normalized spacial score (nSPS) is 22.9. The van der Waals surface area contributed by atoms with Crippen LogP contribution in [0.3, 0.4) is 0 Å². The van der Waals surface area contributed by atoms with Gasteiger partial charge in [0.1, 0.15) is 5.78 Å². The highest BCUT2D eigenvalue weighted by molar-refractivity contribution is 6.11. The van der Waals surface area contributed by atoms with E-state index in [0.717, 1.165) is 0 Å². The molecule has 1 saturated carbocycles. The average Bonchev–Trinajstić information content (AvgIpc) is 2.47. The molecule has 1 aliphatic rings. The molecule has 1 aliphatic carbocycles. The zero-order valence-corrected chi connectivity index (χ0v) is 10.7. The summed E-state index contributed by atoms with van der Waals surface area (Å²) in [5.74, 6) is -1.78. The van der Waals surface area contributed by atoms with Gasteiger partial charge in [-0.05, 0) is 25.0 Å². The van der Waals surface area contributed by atoms with Gasteiger partial charge in [0, 0.05) is 24.4 Å². The Morgan fingerprint density at radius 2 is 2.00 bits per heavy atom. The summed E-state index contributed by atoms with van der Waals surface area (Å²) in [5, 5.41) is 0. The van der Waals surface area contributed by atoms with Gasteiger partial charge in [-0.3, -0.25) is 19.4 Å². The molecule has 0 aromatic carbocycles. The molecule has 0 saturated heterocycles. The zero-order chi connectivity index (χ0) is 13.8. The highest BCUT2D eigenvalue weighted by atomic mass is 16.5. The van der Waals surface area contributed by atoms with E-state index < -0.39 is 5.92 Å². The van der Waals surface area contributed by atoms with E-state index in [2.05, 4.69) is 9.72 Å². The number of nitrogens with zero attached hydrogens (tertiary/aromatic N) is 1. The van der Waals surface area contributed by atoms with E-state index in [1.54, 1.807) is 12.1 Å². The molecule has 1 fully saturated rings. The molecule has 0 N–H and O–H groups in total. The van der Waals surface area contributed by atoms with Gasteiger partial charge in [0.25, 0.3) is 0 Å². The van der Waals surface area contributed by atoms with Gasteiger partial charge in [-0.15, -0.1) is 0 Å². The Labute approximate surface area is 111 Å². The van der Waals surface area contributed by atoms with Gasteiger partial charge in [0.15, 0.2) is 5.78 Å². The molecule has 2 rings (SSSR count). The quantitative estimate of drug-likeness (QED) is 0.467. The third kappa shape index (κ3) is 2.86. The molecule has 1 heterocycles. The van der Waals surface area contributed by atoms with Gasteiger partial charge >= 0.3 is 5.97 Å². The fourth-order valence-electron chi connectivity index (χ4n) is 2.38. The van der Waals surface area contributed by atoms with E-state index in [4.69, 9.17) is 0 Å². The van der Waals surface area contributed by atoms with Crippen LogP contribution < -0.4 is 0 Å². The summed E-state index contributed by atoms with van der Waals surface area (Å²) in [4.78, 5) is 39.5. The number of hydrogen-bond acceptors (Lipinski definition) is 5. The minimum absolute atomic E-state index is 0.0954. The number of carbonyl (C=O) groups is 3. The Morgan fingerprint density at radius 1 is 1.32 bits per heavy atom. The van der Waals surface area contributed by atoms with E-state index in [9.17, 15) is 14.4 Å². The minimum Gasteiger partial charge on any atom is -0.469 e. The number of esters is 1. The van der Waals surface area contributed by atoms with Crippen molar-refractivity contribution in [2.24, 2.45) is 11.8 Å².